The Balaban J connectivity index is 2.18. The maximum atomic E-state index is 3.72. The Hall–Kier alpha value is -1.08. The molecule has 14 heavy (non-hydrogen) atoms. The molecule has 75 valence electrons. The summed E-state index contributed by atoms with van der Waals surface area (Å²) >= 11 is 0. The number of benzene rings is 1. The molecule has 1 aromatic rings. The predicted octanol–water partition coefficient (Wildman–Crippen LogP) is 2.75. The van der Waals surface area contributed by atoms with Crippen LogP contribution in [0.25, 0.3) is 0 Å². The van der Waals surface area contributed by atoms with E-state index in [9.17, 15) is 0 Å². The van der Waals surface area contributed by atoms with Gasteiger partial charge in [0.1, 0.15) is 0 Å². The minimum Gasteiger partial charge on any atom is -0.303 e. The van der Waals surface area contributed by atoms with Gasteiger partial charge < -0.3 is 4.90 Å². The molecule has 1 nitrogen and oxygen atoms in total. The molecule has 0 saturated carbocycles. The molecule has 1 rings (SSSR count). The Bertz CT molecular complexity index is 253. The lowest BCUT2D eigenvalue weighted by Crippen LogP contribution is -2.19. The second kappa shape index (κ2) is 6.39. The van der Waals surface area contributed by atoms with Gasteiger partial charge in [-0.25, -0.2) is 0 Å². The molecule has 0 amide bonds. The fourth-order valence-corrected chi connectivity index (χ4v) is 1.35. The first-order valence-corrected chi connectivity index (χ1v) is 5.00. The SMILES string of the molecule is C=CCN(C)CC[CH]c1ccccc1. The molecule has 0 fully saturated rings. The van der Waals surface area contributed by atoms with Crippen LogP contribution in [0.5, 0.6) is 0 Å². The molecule has 1 aromatic carbocycles. The number of hydrogen-bond acceptors (Lipinski definition) is 1. The molecule has 0 N–H and O–H groups in total. The van der Waals surface area contributed by atoms with Gasteiger partial charge in [-0.2, -0.15) is 0 Å². The van der Waals surface area contributed by atoms with Crippen LogP contribution >= 0.6 is 0 Å². The predicted molar refractivity (Wildman–Crippen MR) is 62.2 cm³/mol. The largest absolute Gasteiger partial charge is 0.303 e. The van der Waals surface area contributed by atoms with Gasteiger partial charge in [-0.3, -0.25) is 0 Å². The fraction of sp³-hybridized carbons (Fsp3) is 0.308. The molecule has 0 bridgehead atoms. The summed E-state index contributed by atoms with van der Waals surface area (Å²) in [7, 11) is 2.11. The quantitative estimate of drug-likeness (QED) is 0.620. The Morgan fingerprint density at radius 3 is 2.64 bits per heavy atom. The van der Waals surface area contributed by atoms with Gasteiger partial charge in [0.05, 0.1) is 0 Å². The highest BCUT2D eigenvalue weighted by Crippen LogP contribution is 2.05. The van der Waals surface area contributed by atoms with Gasteiger partial charge in [0, 0.05) is 6.54 Å². The second-order valence-corrected chi connectivity index (χ2v) is 3.45. The second-order valence-electron chi connectivity index (χ2n) is 3.45. The van der Waals surface area contributed by atoms with Gasteiger partial charge in [0.2, 0.25) is 0 Å². The van der Waals surface area contributed by atoms with Crippen LogP contribution in [0.4, 0.5) is 0 Å². The van der Waals surface area contributed by atoms with Crippen molar-refractivity contribution < 1.29 is 0 Å². The van der Waals surface area contributed by atoms with Crippen LogP contribution in [0.1, 0.15) is 12.0 Å². The molecule has 0 heterocycles. The van der Waals surface area contributed by atoms with Crippen molar-refractivity contribution in [3.63, 3.8) is 0 Å². The highest BCUT2D eigenvalue weighted by molar-refractivity contribution is 5.22. The number of nitrogens with zero attached hydrogens (tertiary/aromatic N) is 1. The summed E-state index contributed by atoms with van der Waals surface area (Å²) in [5.74, 6) is 0. The van der Waals surface area contributed by atoms with Crippen LogP contribution in [0.2, 0.25) is 0 Å². The lowest BCUT2D eigenvalue weighted by Gasteiger charge is -2.13. The van der Waals surface area contributed by atoms with Gasteiger partial charge in [0.25, 0.3) is 0 Å². The highest BCUT2D eigenvalue weighted by Gasteiger charge is 1.96. The van der Waals surface area contributed by atoms with E-state index < -0.39 is 0 Å². The van der Waals surface area contributed by atoms with E-state index in [2.05, 4.69) is 49.2 Å². The van der Waals surface area contributed by atoms with Crippen molar-refractivity contribution in [1.82, 2.24) is 4.90 Å². The smallest absolute Gasteiger partial charge is 0.0157 e. The van der Waals surface area contributed by atoms with Crippen molar-refractivity contribution in [2.75, 3.05) is 20.1 Å². The fourth-order valence-electron chi connectivity index (χ4n) is 1.35. The van der Waals surface area contributed by atoms with Crippen molar-refractivity contribution >= 4 is 0 Å². The first kappa shape index (κ1) is 11.0. The minimum atomic E-state index is 0.961. The molecule has 0 unspecified atom stereocenters. The average molecular weight is 188 g/mol. The number of rotatable bonds is 6. The summed E-state index contributed by atoms with van der Waals surface area (Å²) in [6.07, 6.45) is 5.29. The topological polar surface area (TPSA) is 3.24 Å². The van der Waals surface area contributed by atoms with Crippen molar-refractivity contribution in [2.45, 2.75) is 6.42 Å². The molecule has 1 radical (unpaired) electrons. The maximum absolute atomic E-state index is 3.72. The van der Waals surface area contributed by atoms with Crippen LogP contribution in [-0.4, -0.2) is 25.0 Å². The molecule has 0 aliphatic heterocycles. The zero-order valence-electron chi connectivity index (χ0n) is 8.82. The third-order valence-corrected chi connectivity index (χ3v) is 2.13. The van der Waals surface area contributed by atoms with E-state index >= 15 is 0 Å². The Labute approximate surface area is 87.1 Å². The molecular weight excluding hydrogens is 170 g/mol. The van der Waals surface area contributed by atoms with Crippen LogP contribution in [0.3, 0.4) is 0 Å². The van der Waals surface area contributed by atoms with Crippen molar-refractivity contribution in [1.29, 1.82) is 0 Å². The summed E-state index contributed by atoms with van der Waals surface area (Å²) in [6, 6.07) is 10.4. The van der Waals surface area contributed by atoms with Gasteiger partial charge in [-0.1, -0.05) is 36.4 Å². The van der Waals surface area contributed by atoms with E-state index in [1.165, 1.54) is 5.56 Å². The van der Waals surface area contributed by atoms with Gasteiger partial charge in [-0.05, 0) is 32.0 Å². The molecule has 0 aliphatic carbocycles. The van der Waals surface area contributed by atoms with Crippen molar-refractivity contribution in [2.24, 2.45) is 0 Å². The zero-order valence-corrected chi connectivity index (χ0v) is 8.82. The summed E-state index contributed by atoms with van der Waals surface area (Å²) < 4.78 is 0. The van der Waals surface area contributed by atoms with Gasteiger partial charge in [-0.15, -0.1) is 6.58 Å². The Morgan fingerprint density at radius 1 is 1.29 bits per heavy atom. The molecule has 0 spiro atoms. The van der Waals surface area contributed by atoms with Crippen LogP contribution < -0.4 is 0 Å². The third-order valence-electron chi connectivity index (χ3n) is 2.13. The zero-order chi connectivity index (χ0) is 10.2. The first-order chi connectivity index (χ1) is 6.83. The van der Waals surface area contributed by atoms with E-state index in [4.69, 9.17) is 0 Å². The molecule has 0 aliphatic rings. The molecule has 0 saturated heterocycles. The molecule has 0 atom stereocenters. The van der Waals surface area contributed by atoms with E-state index in [0.29, 0.717) is 0 Å². The highest BCUT2D eigenvalue weighted by atomic mass is 15.1. The van der Waals surface area contributed by atoms with E-state index in [1.807, 2.05) is 12.1 Å². The lowest BCUT2D eigenvalue weighted by molar-refractivity contribution is 0.375. The molecular formula is C13H18N. The molecule has 0 aromatic heterocycles. The van der Waals surface area contributed by atoms with E-state index in [-0.39, 0.29) is 0 Å². The van der Waals surface area contributed by atoms with E-state index in [0.717, 1.165) is 19.5 Å². The van der Waals surface area contributed by atoms with E-state index in [1.54, 1.807) is 0 Å². The standard InChI is InChI=1S/C13H18N/c1-3-11-14(2)12-7-10-13-8-5-4-6-9-13/h3-6,8-10H,1,7,11-12H2,2H3. The van der Waals surface area contributed by atoms with Crippen molar-refractivity contribution in [3.05, 3.63) is 55.0 Å². The van der Waals surface area contributed by atoms with Crippen LogP contribution in [-0.2, 0) is 0 Å². The number of likely N-dealkylation sites (N-methyl/N-ethyl adjacent to an activating group) is 1. The number of hydrogen-bond donors (Lipinski definition) is 0. The average Bonchev–Trinajstić information content (AvgIpc) is 2.20. The minimum absolute atomic E-state index is 0.961. The Morgan fingerprint density at radius 2 is 2.00 bits per heavy atom. The van der Waals surface area contributed by atoms with Crippen LogP contribution in [0, 0.1) is 6.42 Å². The summed E-state index contributed by atoms with van der Waals surface area (Å²) in [6.45, 7) is 5.76. The molecule has 1 heteroatoms. The summed E-state index contributed by atoms with van der Waals surface area (Å²) in [5.41, 5.74) is 1.31. The monoisotopic (exact) mass is 188 g/mol. The first-order valence-electron chi connectivity index (χ1n) is 5.00. The Kier molecular flexibility index (Phi) is 5.02. The van der Waals surface area contributed by atoms with Gasteiger partial charge in [0.15, 0.2) is 0 Å². The van der Waals surface area contributed by atoms with Gasteiger partial charge >= 0.3 is 0 Å². The normalized spacial score (nSPS) is 10.4. The maximum Gasteiger partial charge on any atom is 0.0157 e. The van der Waals surface area contributed by atoms with Crippen LogP contribution in [0.15, 0.2) is 43.0 Å². The lowest BCUT2D eigenvalue weighted by atomic mass is 10.1. The third kappa shape index (κ3) is 4.24. The summed E-state index contributed by atoms with van der Waals surface area (Å²) in [5, 5.41) is 0. The summed E-state index contributed by atoms with van der Waals surface area (Å²) in [4.78, 5) is 2.26. The van der Waals surface area contributed by atoms with Crippen molar-refractivity contribution in [3.8, 4) is 0 Å².